The summed E-state index contributed by atoms with van der Waals surface area (Å²) in [7, 11) is 1.64. The molecule has 0 aliphatic rings. The van der Waals surface area contributed by atoms with E-state index in [-0.39, 0.29) is 17.2 Å². The Kier molecular flexibility index (Phi) is 8.12. The molecule has 0 bridgehead atoms. The van der Waals surface area contributed by atoms with E-state index in [0.29, 0.717) is 35.1 Å². The van der Waals surface area contributed by atoms with Crippen LogP contribution in [0, 0.1) is 5.92 Å². The van der Waals surface area contributed by atoms with Gasteiger partial charge in [-0.05, 0) is 48.6 Å². The molecular formula is C24H29N3O3S. The third-order valence-corrected chi connectivity index (χ3v) is 5.96. The third-order valence-electron chi connectivity index (χ3n) is 4.98. The summed E-state index contributed by atoms with van der Waals surface area (Å²) in [6, 6.07) is 15.2. The van der Waals surface area contributed by atoms with Gasteiger partial charge in [-0.25, -0.2) is 4.98 Å². The summed E-state index contributed by atoms with van der Waals surface area (Å²) in [5.41, 5.74) is 1.75. The van der Waals surface area contributed by atoms with Gasteiger partial charge in [-0.1, -0.05) is 49.9 Å². The molecule has 0 radical (unpaired) electrons. The predicted molar refractivity (Wildman–Crippen MR) is 126 cm³/mol. The maximum Gasteiger partial charge on any atom is 0.262 e. The fourth-order valence-electron chi connectivity index (χ4n) is 3.16. The smallest absolute Gasteiger partial charge is 0.262 e. The molecule has 1 heterocycles. The minimum Gasteiger partial charge on any atom is -0.497 e. The number of hydrogen-bond acceptors (Lipinski definition) is 5. The topological polar surface area (TPSA) is 73.2 Å². The lowest BCUT2D eigenvalue weighted by molar-refractivity contribution is -0.118. The van der Waals surface area contributed by atoms with Crippen LogP contribution in [0.3, 0.4) is 0 Å². The highest BCUT2D eigenvalue weighted by Crippen LogP contribution is 2.19. The average Bonchev–Trinajstić information content (AvgIpc) is 2.77. The molecule has 0 aliphatic carbocycles. The van der Waals surface area contributed by atoms with Gasteiger partial charge in [0, 0.05) is 13.1 Å². The molecule has 1 N–H and O–H groups in total. The highest BCUT2D eigenvalue weighted by atomic mass is 32.2. The molecule has 0 unspecified atom stereocenters. The van der Waals surface area contributed by atoms with Gasteiger partial charge in [0.1, 0.15) is 5.75 Å². The van der Waals surface area contributed by atoms with Crippen LogP contribution in [0.2, 0.25) is 0 Å². The van der Waals surface area contributed by atoms with Crippen LogP contribution in [0.5, 0.6) is 5.75 Å². The van der Waals surface area contributed by atoms with E-state index in [1.165, 1.54) is 11.8 Å². The van der Waals surface area contributed by atoms with Crippen LogP contribution in [-0.4, -0.2) is 34.9 Å². The van der Waals surface area contributed by atoms with Crippen molar-refractivity contribution in [3.05, 3.63) is 64.4 Å². The Bertz CT molecular complexity index is 1080. The Morgan fingerprint density at radius 3 is 2.61 bits per heavy atom. The first-order valence-electron chi connectivity index (χ1n) is 10.5. The highest BCUT2D eigenvalue weighted by Gasteiger charge is 2.13. The molecule has 2 aromatic carbocycles. The van der Waals surface area contributed by atoms with Crippen molar-refractivity contribution in [2.45, 2.75) is 38.4 Å². The van der Waals surface area contributed by atoms with Crippen molar-refractivity contribution >= 4 is 28.6 Å². The summed E-state index contributed by atoms with van der Waals surface area (Å²) >= 11 is 1.31. The molecule has 3 aromatic rings. The zero-order valence-electron chi connectivity index (χ0n) is 18.3. The predicted octanol–water partition coefficient (Wildman–Crippen LogP) is 3.90. The summed E-state index contributed by atoms with van der Waals surface area (Å²) < 4.78 is 6.86. The number of hydrogen-bond donors (Lipinski definition) is 1. The van der Waals surface area contributed by atoms with Crippen LogP contribution in [0.15, 0.2) is 58.5 Å². The second kappa shape index (κ2) is 11.0. The van der Waals surface area contributed by atoms with E-state index in [0.717, 1.165) is 24.2 Å². The van der Waals surface area contributed by atoms with Crippen LogP contribution in [0.4, 0.5) is 0 Å². The Morgan fingerprint density at radius 2 is 1.90 bits per heavy atom. The summed E-state index contributed by atoms with van der Waals surface area (Å²) in [4.78, 5) is 30.0. The highest BCUT2D eigenvalue weighted by molar-refractivity contribution is 7.99. The standard InChI is InChI=1S/C24H29N3O3S/c1-17(2)13-15-27-23(29)20-6-4-5-7-21(20)26-24(27)31-16-22(28)25-14-12-18-8-10-19(30-3)11-9-18/h4-11,17H,12-16H2,1-3H3,(H,25,28). The SMILES string of the molecule is COc1ccc(CCNC(=O)CSc2nc3ccccc3c(=O)n2CCC(C)C)cc1. The number of carbonyl (C=O) groups excluding carboxylic acids is 1. The number of benzene rings is 2. The number of nitrogens with one attached hydrogen (secondary N) is 1. The quantitative estimate of drug-likeness (QED) is 0.383. The molecule has 1 aromatic heterocycles. The second-order valence-corrected chi connectivity index (χ2v) is 8.73. The number of methoxy groups -OCH3 is 1. The normalized spacial score (nSPS) is 11.1. The van der Waals surface area contributed by atoms with Gasteiger partial charge in [-0.15, -0.1) is 0 Å². The lowest BCUT2D eigenvalue weighted by Crippen LogP contribution is -2.28. The first kappa shape index (κ1) is 22.9. The van der Waals surface area contributed by atoms with Crippen molar-refractivity contribution in [3.8, 4) is 5.75 Å². The van der Waals surface area contributed by atoms with Gasteiger partial charge in [-0.3, -0.25) is 14.2 Å². The van der Waals surface area contributed by atoms with E-state index >= 15 is 0 Å². The van der Waals surface area contributed by atoms with Crippen LogP contribution in [-0.2, 0) is 17.8 Å². The Morgan fingerprint density at radius 1 is 1.16 bits per heavy atom. The molecule has 3 rings (SSSR count). The summed E-state index contributed by atoms with van der Waals surface area (Å²) in [5.74, 6) is 1.43. The largest absolute Gasteiger partial charge is 0.497 e. The molecule has 0 spiro atoms. The van der Waals surface area contributed by atoms with E-state index in [1.807, 2.05) is 42.5 Å². The fraction of sp³-hybridized carbons (Fsp3) is 0.375. The molecule has 0 atom stereocenters. The number of thioether (sulfide) groups is 1. The van der Waals surface area contributed by atoms with E-state index < -0.39 is 0 Å². The van der Waals surface area contributed by atoms with Gasteiger partial charge in [0.05, 0.1) is 23.8 Å². The summed E-state index contributed by atoms with van der Waals surface area (Å²) in [6.45, 7) is 5.40. The van der Waals surface area contributed by atoms with Crippen molar-refractivity contribution in [1.82, 2.24) is 14.9 Å². The minimum absolute atomic E-state index is 0.0475. The Balaban J connectivity index is 1.62. The Hall–Kier alpha value is -2.80. The molecule has 6 nitrogen and oxygen atoms in total. The van der Waals surface area contributed by atoms with Crippen molar-refractivity contribution in [2.24, 2.45) is 5.92 Å². The molecule has 31 heavy (non-hydrogen) atoms. The van der Waals surface area contributed by atoms with Crippen LogP contribution >= 0.6 is 11.8 Å². The van der Waals surface area contributed by atoms with Crippen molar-refractivity contribution in [2.75, 3.05) is 19.4 Å². The average molecular weight is 440 g/mol. The maximum atomic E-state index is 13.0. The minimum atomic E-state index is -0.0728. The van der Waals surface area contributed by atoms with Crippen LogP contribution in [0.1, 0.15) is 25.8 Å². The molecule has 1 amide bonds. The molecule has 0 aliphatic heterocycles. The van der Waals surface area contributed by atoms with Crippen LogP contribution in [0.25, 0.3) is 10.9 Å². The number of rotatable bonds is 10. The van der Waals surface area contributed by atoms with Crippen molar-refractivity contribution in [1.29, 1.82) is 0 Å². The van der Waals surface area contributed by atoms with Gasteiger partial charge >= 0.3 is 0 Å². The first-order chi connectivity index (χ1) is 15.0. The molecule has 0 saturated carbocycles. The summed E-state index contributed by atoms with van der Waals surface area (Å²) in [5, 5.41) is 4.15. The van der Waals surface area contributed by atoms with Gasteiger partial charge in [0.25, 0.3) is 5.56 Å². The third kappa shape index (κ3) is 6.34. The van der Waals surface area contributed by atoms with Crippen molar-refractivity contribution < 1.29 is 9.53 Å². The number of fused-ring (bicyclic) bond motifs is 1. The molecule has 0 saturated heterocycles. The van der Waals surface area contributed by atoms with Gasteiger partial charge in [-0.2, -0.15) is 0 Å². The van der Waals surface area contributed by atoms with Crippen molar-refractivity contribution in [3.63, 3.8) is 0 Å². The van der Waals surface area contributed by atoms with Crippen LogP contribution < -0.4 is 15.6 Å². The van der Waals surface area contributed by atoms with Gasteiger partial charge < -0.3 is 10.1 Å². The molecule has 164 valence electrons. The van der Waals surface area contributed by atoms with E-state index in [1.54, 1.807) is 17.7 Å². The Labute approximate surface area is 187 Å². The van der Waals surface area contributed by atoms with Gasteiger partial charge in [0.15, 0.2) is 5.16 Å². The molecular weight excluding hydrogens is 410 g/mol. The number of para-hydroxylation sites is 1. The van der Waals surface area contributed by atoms with E-state index in [2.05, 4.69) is 24.1 Å². The number of nitrogens with zero attached hydrogens (tertiary/aromatic N) is 2. The lowest BCUT2D eigenvalue weighted by atomic mass is 10.1. The number of ether oxygens (including phenoxy) is 1. The maximum absolute atomic E-state index is 13.0. The first-order valence-corrected chi connectivity index (χ1v) is 11.5. The number of amides is 1. The number of carbonyl (C=O) groups is 1. The molecule has 7 heteroatoms. The number of aromatic nitrogens is 2. The lowest BCUT2D eigenvalue weighted by Gasteiger charge is -2.14. The van der Waals surface area contributed by atoms with E-state index in [4.69, 9.17) is 4.74 Å². The zero-order valence-corrected chi connectivity index (χ0v) is 19.1. The zero-order chi connectivity index (χ0) is 22.2. The fourth-order valence-corrected chi connectivity index (χ4v) is 4.02. The second-order valence-electron chi connectivity index (χ2n) is 7.79. The van der Waals surface area contributed by atoms with E-state index in [9.17, 15) is 9.59 Å². The summed E-state index contributed by atoms with van der Waals surface area (Å²) in [6.07, 6.45) is 1.62. The van der Waals surface area contributed by atoms with Gasteiger partial charge in [0.2, 0.25) is 5.91 Å². The molecule has 0 fully saturated rings. The monoisotopic (exact) mass is 439 g/mol.